The van der Waals surface area contributed by atoms with Gasteiger partial charge in [-0.25, -0.2) is 0 Å². The smallest absolute Gasteiger partial charge is 0.311 e. The van der Waals surface area contributed by atoms with E-state index in [0.29, 0.717) is 17.0 Å². The van der Waals surface area contributed by atoms with Crippen molar-refractivity contribution in [1.29, 1.82) is 0 Å². The number of aromatic nitrogens is 1. The minimum absolute atomic E-state index is 0.356. The van der Waals surface area contributed by atoms with Crippen molar-refractivity contribution in [2.45, 2.75) is 47.1 Å². The van der Waals surface area contributed by atoms with Crippen LogP contribution in [0.5, 0.6) is 0 Å². The van der Waals surface area contributed by atoms with E-state index < -0.39 is 16.9 Å². The molecule has 19 heavy (non-hydrogen) atoms. The van der Waals surface area contributed by atoms with Crippen molar-refractivity contribution in [3.8, 4) is 0 Å². The van der Waals surface area contributed by atoms with Gasteiger partial charge in [-0.3, -0.25) is 9.59 Å². The molecule has 0 unspecified atom stereocenters. The van der Waals surface area contributed by atoms with Crippen LogP contribution >= 0.6 is 0 Å². The van der Waals surface area contributed by atoms with Gasteiger partial charge in [0.1, 0.15) is 11.3 Å². The number of aryl methyl sites for hydroxylation is 2. The van der Waals surface area contributed by atoms with Gasteiger partial charge >= 0.3 is 5.97 Å². The maximum Gasteiger partial charge on any atom is 0.311 e. The first kappa shape index (κ1) is 15.2. The Morgan fingerprint density at radius 3 is 2.11 bits per heavy atom. The number of nitrogens with one attached hydrogen (secondary N) is 1. The summed E-state index contributed by atoms with van der Waals surface area (Å²) in [5, 5.41) is 15.7. The Labute approximate surface area is 112 Å². The van der Waals surface area contributed by atoms with Crippen LogP contribution < -0.4 is 5.32 Å². The van der Waals surface area contributed by atoms with Crippen molar-refractivity contribution in [3.63, 3.8) is 0 Å². The van der Waals surface area contributed by atoms with E-state index in [9.17, 15) is 14.7 Å². The van der Waals surface area contributed by atoms with Crippen molar-refractivity contribution in [1.82, 2.24) is 10.5 Å². The summed E-state index contributed by atoms with van der Waals surface area (Å²) in [5.74, 6) is -0.939. The number of aliphatic carboxylic acids is 1. The Kier molecular flexibility index (Phi) is 3.74. The molecule has 1 aromatic heterocycles. The molecule has 0 aliphatic heterocycles. The van der Waals surface area contributed by atoms with Gasteiger partial charge in [-0.05, 0) is 41.5 Å². The lowest BCUT2D eigenvalue weighted by Crippen LogP contribution is -2.57. The minimum atomic E-state index is -1.11. The molecule has 0 bridgehead atoms. The third-order valence-electron chi connectivity index (χ3n) is 3.78. The van der Waals surface area contributed by atoms with Crippen LogP contribution in [-0.4, -0.2) is 27.7 Å². The zero-order valence-electron chi connectivity index (χ0n) is 12.1. The average Bonchev–Trinajstić information content (AvgIpc) is 2.57. The molecule has 0 atom stereocenters. The van der Waals surface area contributed by atoms with Gasteiger partial charge in [0.05, 0.1) is 16.6 Å². The van der Waals surface area contributed by atoms with Gasteiger partial charge in [0.2, 0.25) is 0 Å². The molecule has 0 aliphatic rings. The lowest BCUT2D eigenvalue weighted by atomic mass is 9.74. The Morgan fingerprint density at radius 2 is 1.74 bits per heavy atom. The fraction of sp³-hybridized carbons (Fsp3) is 0.615. The quantitative estimate of drug-likeness (QED) is 0.870. The van der Waals surface area contributed by atoms with Gasteiger partial charge in [0, 0.05) is 0 Å². The fourth-order valence-electron chi connectivity index (χ4n) is 1.58. The highest BCUT2D eigenvalue weighted by molar-refractivity contribution is 5.97. The predicted octanol–water partition coefficient (Wildman–Crippen LogP) is 1.91. The Bertz CT molecular complexity index is 495. The van der Waals surface area contributed by atoms with E-state index in [2.05, 4.69) is 10.5 Å². The number of carboxylic acids is 1. The lowest BCUT2D eigenvalue weighted by molar-refractivity contribution is -0.150. The lowest BCUT2D eigenvalue weighted by Gasteiger charge is -2.38. The van der Waals surface area contributed by atoms with E-state index in [1.165, 1.54) is 0 Å². The Balaban J connectivity index is 3.03. The molecule has 1 aromatic rings. The zero-order chi connectivity index (χ0) is 15.0. The van der Waals surface area contributed by atoms with Gasteiger partial charge in [0.25, 0.3) is 5.91 Å². The topological polar surface area (TPSA) is 92.4 Å². The van der Waals surface area contributed by atoms with Crippen LogP contribution in [0.4, 0.5) is 0 Å². The number of carboxylic acid groups (broad SMARTS) is 1. The highest BCUT2D eigenvalue weighted by Crippen LogP contribution is 2.31. The maximum atomic E-state index is 12.2. The van der Waals surface area contributed by atoms with Crippen molar-refractivity contribution < 1.29 is 19.2 Å². The largest absolute Gasteiger partial charge is 0.481 e. The average molecular weight is 268 g/mol. The Morgan fingerprint density at radius 1 is 1.21 bits per heavy atom. The maximum absolute atomic E-state index is 12.2. The zero-order valence-corrected chi connectivity index (χ0v) is 12.1. The van der Waals surface area contributed by atoms with Crippen molar-refractivity contribution in [2.24, 2.45) is 5.41 Å². The summed E-state index contributed by atoms with van der Waals surface area (Å²) >= 11 is 0. The van der Waals surface area contributed by atoms with Crippen LogP contribution in [0.15, 0.2) is 4.52 Å². The number of nitrogens with zero attached hydrogens (tertiary/aromatic N) is 1. The molecule has 1 heterocycles. The first-order valence-corrected chi connectivity index (χ1v) is 5.99. The first-order valence-electron chi connectivity index (χ1n) is 5.99. The molecule has 6 nitrogen and oxygen atoms in total. The first-order chi connectivity index (χ1) is 8.50. The van der Waals surface area contributed by atoms with E-state index in [-0.39, 0.29) is 5.91 Å². The summed E-state index contributed by atoms with van der Waals surface area (Å²) in [6.45, 7) is 9.81. The molecule has 0 saturated heterocycles. The molecule has 0 saturated carbocycles. The number of hydrogen-bond acceptors (Lipinski definition) is 4. The summed E-state index contributed by atoms with van der Waals surface area (Å²) in [5.41, 5.74) is -1.19. The van der Waals surface area contributed by atoms with E-state index in [1.54, 1.807) is 41.5 Å². The number of hydrogen-bond donors (Lipinski definition) is 2. The van der Waals surface area contributed by atoms with E-state index in [1.807, 2.05) is 0 Å². The summed E-state index contributed by atoms with van der Waals surface area (Å²) < 4.78 is 4.94. The normalized spacial score (nSPS) is 12.3. The van der Waals surface area contributed by atoms with Gasteiger partial charge in [-0.1, -0.05) is 5.16 Å². The van der Waals surface area contributed by atoms with Crippen LogP contribution in [0.2, 0.25) is 0 Å². The SMILES string of the molecule is Cc1noc(C)c1C(=O)NC(C)(C)C(C)(C)C(=O)O. The van der Waals surface area contributed by atoms with Crippen LogP contribution in [-0.2, 0) is 4.79 Å². The number of rotatable bonds is 4. The van der Waals surface area contributed by atoms with E-state index in [0.717, 1.165) is 0 Å². The molecule has 6 heteroatoms. The molecule has 0 spiro atoms. The Hall–Kier alpha value is -1.85. The summed E-state index contributed by atoms with van der Waals surface area (Å²) in [6.07, 6.45) is 0. The van der Waals surface area contributed by atoms with Crippen LogP contribution in [0.1, 0.15) is 49.5 Å². The molecular weight excluding hydrogens is 248 g/mol. The predicted molar refractivity (Wildman–Crippen MR) is 68.9 cm³/mol. The number of carbonyl (C=O) groups excluding carboxylic acids is 1. The molecule has 1 amide bonds. The van der Waals surface area contributed by atoms with Gasteiger partial charge in [-0.15, -0.1) is 0 Å². The summed E-state index contributed by atoms with van der Waals surface area (Å²) in [7, 11) is 0. The summed E-state index contributed by atoms with van der Waals surface area (Å²) in [6, 6.07) is 0. The second kappa shape index (κ2) is 4.68. The molecule has 0 aromatic carbocycles. The molecule has 1 rings (SSSR count). The molecule has 106 valence electrons. The van der Waals surface area contributed by atoms with Crippen LogP contribution in [0.3, 0.4) is 0 Å². The van der Waals surface area contributed by atoms with Gasteiger partial charge in [0.15, 0.2) is 0 Å². The third-order valence-corrected chi connectivity index (χ3v) is 3.78. The van der Waals surface area contributed by atoms with Crippen LogP contribution in [0.25, 0.3) is 0 Å². The van der Waals surface area contributed by atoms with Gasteiger partial charge in [-0.2, -0.15) is 0 Å². The van der Waals surface area contributed by atoms with Gasteiger partial charge < -0.3 is 14.9 Å². The monoisotopic (exact) mass is 268 g/mol. The standard InChI is InChI=1S/C13H20N2O4/c1-7-9(8(2)19-15-7)10(16)14-13(5,6)12(3,4)11(17)18/h1-6H3,(H,14,16)(H,17,18). The number of amides is 1. The number of carbonyl (C=O) groups is 2. The molecule has 0 radical (unpaired) electrons. The van der Waals surface area contributed by atoms with E-state index in [4.69, 9.17) is 4.52 Å². The second-order valence-corrected chi connectivity index (χ2v) is 5.71. The summed E-state index contributed by atoms with van der Waals surface area (Å²) in [4.78, 5) is 23.5. The third kappa shape index (κ3) is 2.62. The van der Waals surface area contributed by atoms with Crippen molar-refractivity contribution in [3.05, 3.63) is 17.0 Å². The van der Waals surface area contributed by atoms with E-state index >= 15 is 0 Å². The molecule has 0 fully saturated rings. The highest BCUT2D eigenvalue weighted by Gasteiger charge is 2.44. The molecule has 0 aliphatic carbocycles. The fourth-order valence-corrected chi connectivity index (χ4v) is 1.58. The van der Waals surface area contributed by atoms with Crippen LogP contribution in [0, 0.1) is 19.3 Å². The van der Waals surface area contributed by atoms with Crippen molar-refractivity contribution in [2.75, 3.05) is 0 Å². The molecule has 2 N–H and O–H groups in total. The molecular formula is C13H20N2O4. The second-order valence-electron chi connectivity index (χ2n) is 5.71. The highest BCUT2D eigenvalue weighted by atomic mass is 16.5. The van der Waals surface area contributed by atoms with Crippen molar-refractivity contribution >= 4 is 11.9 Å². The minimum Gasteiger partial charge on any atom is -0.481 e.